The van der Waals surface area contributed by atoms with Gasteiger partial charge in [0.25, 0.3) is 0 Å². The molecule has 2 aliphatic heterocycles. The van der Waals surface area contributed by atoms with Crippen LogP contribution in [0.4, 0.5) is 0 Å². The molecule has 0 aliphatic carbocycles. The van der Waals surface area contributed by atoms with Crippen LogP contribution in [0, 0.1) is 11.3 Å². The Kier molecular flexibility index (Phi) is 5.87. The molecule has 0 radical (unpaired) electrons. The van der Waals surface area contributed by atoms with Crippen molar-refractivity contribution in [2.24, 2.45) is 11.3 Å². The van der Waals surface area contributed by atoms with Gasteiger partial charge in [0.2, 0.25) is 11.8 Å². The molecule has 0 N–H and O–H groups in total. The molecule has 0 saturated carbocycles. The number of likely N-dealkylation sites (tertiary alicyclic amines) is 1. The Bertz CT molecular complexity index is 746. The number of benzene rings is 1. The second kappa shape index (κ2) is 8.02. The van der Waals surface area contributed by atoms with Crippen LogP contribution in [0.1, 0.15) is 44.7 Å². The third-order valence-electron chi connectivity index (χ3n) is 5.80. The Morgan fingerprint density at radius 2 is 1.50 bits per heavy atom. The minimum absolute atomic E-state index is 0.00529. The van der Waals surface area contributed by atoms with E-state index in [2.05, 4.69) is 0 Å². The molecule has 2 aliphatic rings. The van der Waals surface area contributed by atoms with Crippen molar-refractivity contribution in [1.29, 1.82) is 0 Å². The van der Waals surface area contributed by atoms with Gasteiger partial charge in [-0.05, 0) is 42.5 Å². The van der Waals surface area contributed by atoms with E-state index in [1.54, 1.807) is 14.2 Å². The first kappa shape index (κ1) is 20.5. The van der Waals surface area contributed by atoms with E-state index < -0.39 is 0 Å². The summed E-state index contributed by atoms with van der Waals surface area (Å²) in [6.07, 6.45) is 2.31. The number of hydrogen-bond donors (Lipinski definition) is 0. The molecule has 154 valence electrons. The molecule has 0 atom stereocenters. The molecule has 0 bridgehead atoms. The molecule has 6 heteroatoms. The Hall–Kier alpha value is -2.24. The standard InChI is InChI=1S/C22H32N2O4/c1-22(2,3)21(26)23-9-6-15(7-10-23)20(25)24-11-8-16-12-18(27-4)19(28-5)13-17(16)14-24/h12-13,15H,6-11,14H2,1-5H3. The van der Waals surface area contributed by atoms with Crippen LogP contribution in [-0.2, 0) is 22.6 Å². The summed E-state index contributed by atoms with van der Waals surface area (Å²) in [4.78, 5) is 29.4. The number of nitrogens with zero attached hydrogens (tertiary/aromatic N) is 2. The van der Waals surface area contributed by atoms with Crippen molar-refractivity contribution in [3.63, 3.8) is 0 Å². The van der Waals surface area contributed by atoms with Crippen molar-refractivity contribution in [3.8, 4) is 11.5 Å². The normalized spacial score (nSPS) is 17.9. The van der Waals surface area contributed by atoms with E-state index in [1.165, 1.54) is 5.56 Å². The molecule has 1 aromatic carbocycles. The summed E-state index contributed by atoms with van der Waals surface area (Å²) in [5.74, 6) is 1.82. The lowest BCUT2D eigenvalue weighted by atomic mass is 9.90. The number of ether oxygens (including phenoxy) is 2. The predicted octanol–water partition coefficient (Wildman–Crippen LogP) is 2.87. The number of fused-ring (bicyclic) bond motifs is 1. The molecule has 6 nitrogen and oxygen atoms in total. The zero-order valence-corrected chi connectivity index (χ0v) is 17.7. The topological polar surface area (TPSA) is 59.1 Å². The average Bonchev–Trinajstić information content (AvgIpc) is 2.70. The number of carbonyl (C=O) groups excluding carboxylic acids is 2. The van der Waals surface area contributed by atoms with Crippen LogP contribution in [-0.4, -0.2) is 55.5 Å². The summed E-state index contributed by atoms with van der Waals surface area (Å²) in [6.45, 7) is 8.51. The fourth-order valence-corrected chi connectivity index (χ4v) is 4.13. The fraction of sp³-hybridized carbons (Fsp3) is 0.636. The molecule has 1 fully saturated rings. The zero-order valence-electron chi connectivity index (χ0n) is 17.7. The van der Waals surface area contributed by atoms with Gasteiger partial charge < -0.3 is 19.3 Å². The SMILES string of the molecule is COc1cc2c(cc1OC)CN(C(=O)C1CCN(C(=O)C(C)(C)C)CC1)CC2. The lowest BCUT2D eigenvalue weighted by Crippen LogP contribution is -2.48. The molecular weight excluding hydrogens is 356 g/mol. The molecule has 1 saturated heterocycles. The lowest BCUT2D eigenvalue weighted by Gasteiger charge is -2.38. The molecule has 1 aromatic rings. The van der Waals surface area contributed by atoms with E-state index in [-0.39, 0.29) is 23.1 Å². The maximum atomic E-state index is 13.1. The van der Waals surface area contributed by atoms with E-state index in [0.717, 1.165) is 37.1 Å². The van der Waals surface area contributed by atoms with E-state index >= 15 is 0 Å². The third-order valence-corrected chi connectivity index (χ3v) is 5.80. The number of piperidine rings is 1. The third kappa shape index (κ3) is 4.10. The first-order valence-electron chi connectivity index (χ1n) is 10.1. The van der Waals surface area contributed by atoms with Gasteiger partial charge in [-0.3, -0.25) is 9.59 Å². The Morgan fingerprint density at radius 3 is 2.04 bits per heavy atom. The van der Waals surface area contributed by atoms with Gasteiger partial charge in [-0.15, -0.1) is 0 Å². The van der Waals surface area contributed by atoms with Crippen molar-refractivity contribution < 1.29 is 19.1 Å². The van der Waals surface area contributed by atoms with Crippen LogP contribution in [0.5, 0.6) is 11.5 Å². The van der Waals surface area contributed by atoms with Crippen LogP contribution < -0.4 is 9.47 Å². The highest BCUT2D eigenvalue weighted by Crippen LogP contribution is 2.34. The van der Waals surface area contributed by atoms with Crippen LogP contribution in [0.15, 0.2) is 12.1 Å². The molecule has 0 unspecified atom stereocenters. The maximum absolute atomic E-state index is 13.1. The number of amides is 2. The monoisotopic (exact) mass is 388 g/mol. The first-order valence-corrected chi connectivity index (χ1v) is 10.1. The summed E-state index contributed by atoms with van der Waals surface area (Å²) < 4.78 is 10.8. The maximum Gasteiger partial charge on any atom is 0.227 e. The molecule has 2 amide bonds. The molecular formula is C22H32N2O4. The Labute approximate surface area is 167 Å². The van der Waals surface area contributed by atoms with Gasteiger partial charge in [0.05, 0.1) is 14.2 Å². The minimum atomic E-state index is -0.368. The van der Waals surface area contributed by atoms with Gasteiger partial charge in [0.1, 0.15) is 0 Å². The Balaban J connectivity index is 1.63. The number of carbonyl (C=O) groups is 2. The molecule has 0 spiro atoms. The van der Waals surface area contributed by atoms with Crippen molar-refractivity contribution in [2.45, 2.75) is 46.6 Å². The van der Waals surface area contributed by atoms with Crippen LogP contribution >= 0.6 is 0 Å². The van der Waals surface area contributed by atoms with Crippen molar-refractivity contribution in [1.82, 2.24) is 9.80 Å². The lowest BCUT2D eigenvalue weighted by molar-refractivity contribution is -0.145. The van der Waals surface area contributed by atoms with E-state index in [0.29, 0.717) is 25.4 Å². The van der Waals surface area contributed by atoms with Gasteiger partial charge in [0, 0.05) is 37.5 Å². The Morgan fingerprint density at radius 1 is 0.929 bits per heavy atom. The van der Waals surface area contributed by atoms with E-state index in [9.17, 15) is 9.59 Å². The van der Waals surface area contributed by atoms with Gasteiger partial charge >= 0.3 is 0 Å². The summed E-state index contributed by atoms with van der Waals surface area (Å²) in [7, 11) is 3.27. The number of methoxy groups -OCH3 is 2. The van der Waals surface area contributed by atoms with Gasteiger partial charge in [-0.2, -0.15) is 0 Å². The van der Waals surface area contributed by atoms with Crippen molar-refractivity contribution in [3.05, 3.63) is 23.3 Å². The van der Waals surface area contributed by atoms with Crippen molar-refractivity contribution in [2.75, 3.05) is 33.9 Å². The fourth-order valence-electron chi connectivity index (χ4n) is 4.13. The molecule has 0 aromatic heterocycles. The highest BCUT2D eigenvalue weighted by Gasteiger charge is 2.34. The highest BCUT2D eigenvalue weighted by atomic mass is 16.5. The minimum Gasteiger partial charge on any atom is -0.493 e. The predicted molar refractivity (Wildman–Crippen MR) is 107 cm³/mol. The van der Waals surface area contributed by atoms with Crippen LogP contribution in [0.3, 0.4) is 0 Å². The van der Waals surface area contributed by atoms with E-state index in [4.69, 9.17) is 9.47 Å². The summed E-state index contributed by atoms with van der Waals surface area (Å²) in [6, 6.07) is 4.00. The molecule has 2 heterocycles. The second-order valence-electron chi connectivity index (χ2n) is 8.80. The average molecular weight is 389 g/mol. The van der Waals surface area contributed by atoms with Crippen LogP contribution in [0.25, 0.3) is 0 Å². The van der Waals surface area contributed by atoms with Crippen molar-refractivity contribution >= 4 is 11.8 Å². The van der Waals surface area contributed by atoms with Crippen LogP contribution in [0.2, 0.25) is 0 Å². The number of hydrogen-bond acceptors (Lipinski definition) is 4. The quantitative estimate of drug-likeness (QED) is 0.799. The zero-order chi connectivity index (χ0) is 20.5. The second-order valence-corrected chi connectivity index (χ2v) is 8.80. The smallest absolute Gasteiger partial charge is 0.227 e. The van der Waals surface area contributed by atoms with Gasteiger partial charge in [0.15, 0.2) is 11.5 Å². The summed E-state index contributed by atoms with van der Waals surface area (Å²) in [5, 5.41) is 0. The molecule has 3 rings (SSSR count). The number of rotatable bonds is 3. The molecule has 28 heavy (non-hydrogen) atoms. The first-order chi connectivity index (χ1) is 13.2. The summed E-state index contributed by atoms with van der Waals surface area (Å²) in [5.41, 5.74) is 1.97. The summed E-state index contributed by atoms with van der Waals surface area (Å²) >= 11 is 0. The highest BCUT2D eigenvalue weighted by molar-refractivity contribution is 5.83. The van der Waals surface area contributed by atoms with E-state index in [1.807, 2.05) is 42.7 Å². The van der Waals surface area contributed by atoms with Gasteiger partial charge in [-0.25, -0.2) is 0 Å². The van der Waals surface area contributed by atoms with Gasteiger partial charge in [-0.1, -0.05) is 20.8 Å². The largest absolute Gasteiger partial charge is 0.493 e.